The fourth-order valence-corrected chi connectivity index (χ4v) is 13.6. The number of nitrogens with zero attached hydrogens (tertiary/aromatic N) is 5. The molecule has 6 atom stereocenters. The van der Waals surface area contributed by atoms with Crippen molar-refractivity contribution in [1.29, 1.82) is 5.26 Å². The van der Waals surface area contributed by atoms with Crippen molar-refractivity contribution in [2.45, 2.75) is 159 Å². The molecule has 9 rings (SSSR count). The molecule has 4 saturated heterocycles. The lowest BCUT2D eigenvalue weighted by Gasteiger charge is -2.38. The first-order chi connectivity index (χ1) is 40.8. The number of carbonyl (C=O) groups excluding carboxylic acids is 8. The first-order valence-electron chi connectivity index (χ1n) is 29.3. The van der Waals surface area contributed by atoms with E-state index in [1.165, 1.54) is 21.9 Å². The van der Waals surface area contributed by atoms with E-state index >= 15 is 0 Å². The molecule has 86 heavy (non-hydrogen) atoms. The van der Waals surface area contributed by atoms with Gasteiger partial charge >= 0.3 is 13.3 Å². The van der Waals surface area contributed by atoms with Crippen LogP contribution in [0, 0.1) is 29.1 Å². The highest BCUT2D eigenvalue weighted by molar-refractivity contribution is 7.52. The summed E-state index contributed by atoms with van der Waals surface area (Å²) in [5.41, 5.74) is -1.73. The van der Waals surface area contributed by atoms with Gasteiger partial charge in [-0.3, -0.25) is 48.2 Å². The number of halogens is 2. The number of rotatable bonds is 17. The van der Waals surface area contributed by atoms with E-state index in [1.54, 1.807) is 17.0 Å². The molecule has 6 heterocycles. The van der Waals surface area contributed by atoms with Gasteiger partial charge in [-0.2, -0.15) is 14.0 Å². The quantitative estimate of drug-likeness (QED) is 0.0405. The van der Waals surface area contributed by atoms with Crippen LogP contribution in [0.4, 0.5) is 8.78 Å². The zero-order valence-corrected chi connectivity index (χ0v) is 50.2. The van der Waals surface area contributed by atoms with Crippen molar-refractivity contribution in [3.05, 3.63) is 105 Å². The number of carbonyl (C=O) groups is 8. The Morgan fingerprint density at radius 1 is 0.884 bits per heavy atom. The molecule has 0 radical (unpaired) electrons. The van der Waals surface area contributed by atoms with Gasteiger partial charge < -0.3 is 45.3 Å². The Labute approximate surface area is 501 Å². The van der Waals surface area contributed by atoms with Crippen molar-refractivity contribution in [1.82, 2.24) is 40.9 Å². The molecule has 8 amide bonds. The van der Waals surface area contributed by atoms with Gasteiger partial charge in [0.25, 0.3) is 11.8 Å². The van der Waals surface area contributed by atoms with Gasteiger partial charge in [0.2, 0.25) is 35.4 Å². The van der Waals surface area contributed by atoms with E-state index in [4.69, 9.17) is 0 Å². The highest BCUT2D eigenvalue weighted by Crippen LogP contribution is 2.59. The predicted octanol–water partition coefficient (Wildman–Crippen LogP) is 5.96. The molecule has 456 valence electrons. The topological polar surface area (TPSA) is 279 Å². The summed E-state index contributed by atoms with van der Waals surface area (Å²) in [5, 5.41) is 20.8. The highest BCUT2D eigenvalue weighted by Gasteiger charge is 2.51. The van der Waals surface area contributed by atoms with E-state index in [9.17, 15) is 66.8 Å². The van der Waals surface area contributed by atoms with E-state index in [0.717, 1.165) is 46.6 Å². The lowest BCUT2D eigenvalue weighted by Crippen LogP contribution is -2.62. The molecule has 1 aromatic heterocycles. The van der Waals surface area contributed by atoms with E-state index in [2.05, 4.69) is 59.9 Å². The molecule has 5 aliphatic rings. The minimum atomic E-state index is -5.87. The van der Waals surface area contributed by atoms with Gasteiger partial charge in [-0.05, 0) is 122 Å². The van der Waals surface area contributed by atoms with E-state index in [0.29, 0.717) is 74.1 Å². The Bertz CT molecular complexity index is 3470. The number of alkyl halides is 2. The number of nitriles is 1. The Kier molecular flexibility index (Phi) is 19.3. The first kappa shape index (κ1) is 63.1. The lowest BCUT2D eigenvalue weighted by molar-refractivity contribution is -0.144. The molecule has 0 saturated carbocycles. The van der Waals surface area contributed by atoms with Crippen LogP contribution in [0.25, 0.3) is 10.1 Å². The van der Waals surface area contributed by atoms with E-state index in [1.807, 2.05) is 42.2 Å². The van der Waals surface area contributed by atoms with Crippen LogP contribution >= 0.6 is 18.9 Å². The van der Waals surface area contributed by atoms with Gasteiger partial charge in [-0.25, -0.2) is 0 Å². The SMILES string of the molecule is CCN1CC[C@H]2CC[C@@H](C(=O)NC(CCC#N)C(=O)NC(Cc3ccc(C(C)(C)C)cc3)C(=O)N3CCC(CCC#Cc4cccc5c4CN(C4CCC(=O)NC4=O)C5=O)CC3)N2C(=O)[C@@H](NC(=O)c2cc3cc(C(F)(F)P(=O)(O)O)ccc3s2)C1. The molecule has 6 N–H and O–H groups in total. The van der Waals surface area contributed by atoms with Crippen LogP contribution in [-0.4, -0.2) is 146 Å². The smallest absolute Gasteiger partial charge is 0.342 e. The standard InChI is InChI=1S/C62H72F2N9O11PS/c1-5-70-29-27-43-20-21-50(73(43)60(81)48(36-70)68-57(78)52-34-40-33-42(19-23-51(40)86-52)62(63,64)85(82,83)84)56(77)66-46(14-9-28-65)54(75)67-47(32-38-15-17-41(18-16-38)61(2,3)4)59(80)71-30-25-37(26-31-71)10-6-7-11-39-12-8-13-44-45(39)35-72(58(44)79)49-22-24-53(74)69-55(49)76/h8,12-13,15-19,23,33-34,37,43,46-50H,5-6,9-10,14,20-22,24-27,29-32,35-36H2,1-4H3,(H,66,77)(H,67,75)(H,68,78)(H,69,74,76)(H2,82,83,84)/t43-,46?,47?,48+,49?,50+/m1/s1. The third kappa shape index (κ3) is 14.0. The maximum Gasteiger partial charge on any atom is 0.399 e. The Balaban J connectivity index is 0.857. The van der Waals surface area contributed by atoms with E-state index < -0.39 is 84.6 Å². The van der Waals surface area contributed by atoms with Crippen molar-refractivity contribution in [2.75, 3.05) is 32.7 Å². The molecule has 0 bridgehead atoms. The Morgan fingerprint density at radius 2 is 1.62 bits per heavy atom. The van der Waals surface area contributed by atoms with Crippen molar-refractivity contribution >= 4 is 76.3 Å². The van der Waals surface area contributed by atoms with Crippen LogP contribution in [0.3, 0.4) is 0 Å². The second kappa shape index (κ2) is 26.3. The zero-order valence-electron chi connectivity index (χ0n) is 48.5. The highest BCUT2D eigenvalue weighted by atomic mass is 32.1. The minimum Gasteiger partial charge on any atom is -0.342 e. The molecule has 0 aliphatic carbocycles. The van der Waals surface area contributed by atoms with Gasteiger partial charge in [0.05, 0.1) is 10.9 Å². The number of fused-ring (bicyclic) bond motifs is 3. The fraction of sp³-hybridized carbons (Fsp3) is 0.500. The molecule has 3 aromatic carbocycles. The fourth-order valence-electron chi connectivity index (χ4n) is 12.2. The summed E-state index contributed by atoms with van der Waals surface area (Å²) >= 11 is 0.939. The van der Waals surface area contributed by atoms with Gasteiger partial charge in [0, 0.05) is 85.8 Å². The summed E-state index contributed by atoms with van der Waals surface area (Å²) in [5.74, 6) is 2.79. The maximum absolute atomic E-state index is 14.8. The van der Waals surface area contributed by atoms with Crippen LogP contribution in [-0.2, 0) is 57.4 Å². The molecular weight excluding hydrogens is 1150 g/mol. The average molecular weight is 1220 g/mol. The predicted molar refractivity (Wildman–Crippen MR) is 315 cm³/mol. The van der Waals surface area contributed by atoms with Crippen molar-refractivity contribution in [3.8, 4) is 17.9 Å². The second-order valence-corrected chi connectivity index (χ2v) is 26.7. The van der Waals surface area contributed by atoms with Gasteiger partial charge in [0.15, 0.2) is 0 Å². The van der Waals surface area contributed by atoms with Gasteiger partial charge in [-0.15, -0.1) is 11.3 Å². The van der Waals surface area contributed by atoms with Crippen LogP contribution in [0.15, 0.2) is 66.7 Å². The lowest BCUT2D eigenvalue weighted by atomic mass is 9.86. The van der Waals surface area contributed by atoms with Crippen molar-refractivity contribution < 1.29 is 61.5 Å². The van der Waals surface area contributed by atoms with Crippen molar-refractivity contribution in [3.63, 3.8) is 0 Å². The first-order valence-corrected chi connectivity index (χ1v) is 31.7. The molecule has 4 fully saturated rings. The molecule has 0 spiro atoms. The van der Waals surface area contributed by atoms with Gasteiger partial charge in [-0.1, -0.05) is 75.9 Å². The number of hydrogen-bond acceptors (Lipinski definition) is 12. The molecule has 4 aromatic rings. The number of piperidine rings is 2. The Hall–Kier alpha value is -7.40. The molecule has 5 aliphatic heterocycles. The number of imide groups is 1. The zero-order chi connectivity index (χ0) is 61.8. The minimum absolute atomic E-state index is 0.0481. The molecule has 24 heteroatoms. The maximum atomic E-state index is 14.8. The molecule has 20 nitrogen and oxygen atoms in total. The van der Waals surface area contributed by atoms with E-state index in [-0.39, 0.29) is 90.9 Å². The largest absolute Gasteiger partial charge is 0.399 e. The summed E-state index contributed by atoms with van der Waals surface area (Å²) in [6.07, 6.45) is 4.21. The number of amides is 8. The van der Waals surface area contributed by atoms with Crippen LogP contribution in [0.2, 0.25) is 0 Å². The second-order valence-electron chi connectivity index (χ2n) is 24.0. The third-order valence-corrected chi connectivity index (χ3v) is 19.3. The van der Waals surface area contributed by atoms with Crippen LogP contribution in [0.1, 0.15) is 146 Å². The van der Waals surface area contributed by atoms with Crippen LogP contribution < -0.4 is 21.3 Å². The average Bonchev–Trinajstić information content (AvgIpc) is 3.96. The summed E-state index contributed by atoms with van der Waals surface area (Å²) < 4.78 is 41.2. The number of likely N-dealkylation sites (tertiary alicyclic amines) is 1. The summed E-state index contributed by atoms with van der Waals surface area (Å²) in [6.45, 7) is 10.4. The van der Waals surface area contributed by atoms with Crippen LogP contribution in [0.5, 0.6) is 0 Å². The summed E-state index contributed by atoms with van der Waals surface area (Å²) in [7, 11) is -5.87. The monoisotopic (exact) mass is 1220 g/mol. The summed E-state index contributed by atoms with van der Waals surface area (Å²) in [4.78, 5) is 136. The third-order valence-electron chi connectivity index (χ3n) is 17.2. The van der Waals surface area contributed by atoms with Gasteiger partial charge in [0.1, 0.15) is 30.2 Å². The number of benzene rings is 3. The number of likely N-dealkylation sites (N-methyl/N-ethyl adjacent to an activating group) is 1. The molecule has 3 unspecified atom stereocenters. The van der Waals surface area contributed by atoms with Crippen molar-refractivity contribution in [2.24, 2.45) is 5.92 Å². The normalized spacial score (nSPS) is 21.3. The Morgan fingerprint density at radius 3 is 2.30 bits per heavy atom. The molecular formula is C62H72F2N9O11PS. The number of nitrogens with one attached hydrogen (secondary N) is 4. The summed E-state index contributed by atoms with van der Waals surface area (Å²) in [6, 6.07) is 13.9. The number of hydrogen-bond donors (Lipinski definition) is 6. The number of thiophene rings is 1.